The molecule has 1 aliphatic carbocycles. The molecule has 4 aromatic rings. The van der Waals surface area contributed by atoms with Crippen LogP contribution in [-0.2, 0) is 9.53 Å². The quantitative estimate of drug-likeness (QED) is 0.251. The number of ether oxygens (including phenoxy) is 2. The first-order valence-electron chi connectivity index (χ1n) is 15.1. The van der Waals surface area contributed by atoms with Crippen molar-refractivity contribution in [3.63, 3.8) is 0 Å². The molecule has 2 N–H and O–H groups in total. The van der Waals surface area contributed by atoms with E-state index in [9.17, 15) is 9.59 Å². The van der Waals surface area contributed by atoms with Crippen molar-refractivity contribution in [2.75, 3.05) is 23.7 Å². The summed E-state index contributed by atoms with van der Waals surface area (Å²) in [5.41, 5.74) is 2.38. The fraction of sp³-hybridized carbons (Fsp3) is 0.394. The van der Waals surface area contributed by atoms with Gasteiger partial charge in [-0.25, -0.2) is 14.8 Å². The number of carbonyl (C=O) groups excluding carboxylic acids is 2. The first-order valence-corrected chi connectivity index (χ1v) is 15.1. The van der Waals surface area contributed by atoms with E-state index in [4.69, 9.17) is 14.5 Å². The molecule has 0 radical (unpaired) electrons. The van der Waals surface area contributed by atoms with Gasteiger partial charge < -0.3 is 25.0 Å². The second-order valence-corrected chi connectivity index (χ2v) is 12.4. The van der Waals surface area contributed by atoms with Gasteiger partial charge in [0.25, 0.3) is 0 Å². The molecule has 0 bridgehead atoms. The zero-order chi connectivity index (χ0) is 30.8. The molecule has 44 heavy (non-hydrogen) atoms. The molecule has 0 spiro atoms. The summed E-state index contributed by atoms with van der Waals surface area (Å²) in [7, 11) is 0. The van der Waals surface area contributed by atoms with Crippen LogP contribution in [0.4, 0.5) is 16.4 Å². The van der Waals surface area contributed by atoms with Gasteiger partial charge in [0.05, 0.1) is 17.5 Å². The van der Waals surface area contributed by atoms with Crippen molar-refractivity contribution >= 4 is 34.4 Å². The molecule has 11 heteroatoms. The number of amides is 2. The van der Waals surface area contributed by atoms with E-state index in [1.54, 1.807) is 29.4 Å². The Hall–Kier alpha value is -4.80. The van der Waals surface area contributed by atoms with Crippen LogP contribution in [0.3, 0.4) is 0 Å². The maximum atomic E-state index is 12.6. The first-order chi connectivity index (χ1) is 21.1. The number of hydrogen-bond acceptors (Lipinski definition) is 9. The van der Waals surface area contributed by atoms with Gasteiger partial charge in [0.2, 0.25) is 17.7 Å². The van der Waals surface area contributed by atoms with Gasteiger partial charge in [-0.15, -0.1) is 5.10 Å². The zero-order valence-corrected chi connectivity index (χ0v) is 25.5. The number of piperidine rings is 1. The summed E-state index contributed by atoms with van der Waals surface area (Å²) in [6.07, 6.45) is 6.56. The molecular formula is C33H37N7O4. The van der Waals surface area contributed by atoms with Gasteiger partial charge in [-0.1, -0.05) is 24.3 Å². The Bertz CT molecular complexity index is 1700. The maximum absolute atomic E-state index is 12.6. The van der Waals surface area contributed by atoms with Gasteiger partial charge in [-0.2, -0.15) is 5.10 Å². The summed E-state index contributed by atoms with van der Waals surface area (Å²) < 4.78 is 12.0. The molecule has 11 nitrogen and oxygen atoms in total. The van der Waals surface area contributed by atoms with Crippen molar-refractivity contribution < 1.29 is 19.1 Å². The molecule has 2 aliphatic rings. The van der Waals surface area contributed by atoms with Crippen LogP contribution in [0.5, 0.6) is 11.6 Å². The number of hydrogen-bond donors (Lipinski definition) is 2. The Kier molecular flexibility index (Phi) is 8.03. The van der Waals surface area contributed by atoms with Gasteiger partial charge in [-0.3, -0.25) is 4.79 Å². The summed E-state index contributed by atoms with van der Waals surface area (Å²) in [6.45, 7) is 8.71. The lowest BCUT2D eigenvalue weighted by Crippen LogP contribution is -2.47. The second-order valence-electron chi connectivity index (χ2n) is 12.4. The predicted octanol–water partition coefficient (Wildman–Crippen LogP) is 6.35. The van der Waals surface area contributed by atoms with Gasteiger partial charge in [0.1, 0.15) is 11.4 Å². The van der Waals surface area contributed by atoms with Crippen LogP contribution in [0.1, 0.15) is 52.0 Å². The number of nitrogens with one attached hydrogen (secondary N) is 2. The molecule has 2 amide bonds. The Morgan fingerprint density at radius 2 is 1.84 bits per heavy atom. The van der Waals surface area contributed by atoms with Crippen molar-refractivity contribution in [1.29, 1.82) is 0 Å². The molecule has 1 saturated heterocycles. The minimum Gasteiger partial charge on any atom is -0.444 e. The number of aryl methyl sites for hydroxylation is 1. The number of benzene rings is 2. The SMILES string of the molecule is Cc1ccc2c(NC(=O)C3CC3)cccc2c1Oc1nnccc1-c1ccnc(NC2CCCN(C(=O)OC(C)(C)C)C2)n1. The van der Waals surface area contributed by atoms with Gasteiger partial charge in [-0.05, 0) is 77.1 Å². The van der Waals surface area contributed by atoms with E-state index < -0.39 is 5.60 Å². The number of likely N-dealkylation sites (tertiary alicyclic amines) is 1. The smallest absolute Gasteiger partial charge is 0.410 e. The van der Waals surface area contributed by atoms with E-state index in [2.05, 4.69) is 25.8 Å². The summed E-state index contributed by atoms with van der Waals surface area (Å²) in [4.78, 5) is 36.1. The highest BCUT2D eigenvalue weighted by molar-refractivity contribution is 6.05. The highest BCUT2D eigenvalue weighted by Crippen LogP contribution is 2.39. The van der Waals surface area contributed by atoms with Crippen LogP contribution in [0.25, 0.3) is 22.0 Å². The zero-order valence-electron chi connectivity index (χ0n) is 25.5. The summed E-state index contributed by atoms with van der Waals surface area (Å²) >= 11 is 0. The van der Waals surface area contributed by atoms with E-state index in [0.717, 1.165) is 47.7 Å². The highest BCUT2D eigenvalue weighted by atomic mass is 16.6. The third-order valence-corrected chi connectivity index (χ3v) is 7.64. The van der Waals surface area contributed by atoms with Crippen LogP contribution in [0, 0.1) is 12.8 Å². The van der Waals surface area contributed by atoms with E-state index in [-0.39, 0.29) is 24.0 Å². The standard InChI is InChI=1S/C33H37N7O4/c1-20-10-13-23-24(8-5-9-26(23)37-29(41)21-11-12-21)28(20)43-30-25(14-17-35-39-30)27-15-16-34-31(38-27)36-22-7-6-18-40(19-22)32(42)44-33(2,3)4/h5,8-10,13-17,21-22H,6-7,11-12,18-19H2,1-4H3,(H,37,41)(H,34,36,38). The number of rotatable bonds is 7. The lowest BCUT2D eigenvalue weighted by molar-refractivity contribution is -0.117. The molecule has 2 aromatic carbocycles. The molecule has 1 unspecified atom stereocenters. The van der Waals surface area contributed by atoms with Crippen molar-refractivity contribution in [3.8, 4) is 22.9 Å². The molecule has 228 valence electrons. The number of nitrogens with zero attached hydrogens (tertiary/aromatic N) is 5. The molecule has 1 atom stereocenters. The molecule has 6 rings (SSSR count). The monoisotopic (exact) mass is 595 g/mol. The molecule has 1 saturated carbocycles. The number of aromatic nitrogens is 4. The van der Waals surface area contributed by atoms with Crippen molar-refractivity contribution in [2.45, 2.75) is 65.0 Å². The lowest BCUT2D eigenvalue weighted by Gasteiger charge is -2.34. The molecular weight excluding hydrogens is 558 g/mol. The summed E-state index contributed by atoms with van der Waals surface area (Å²) in [5, 5.41) is 16.6. The normalized spacial score (nSPS) is 16.8. The van der Waals surface area contributed by atoms with Crippen molar-refractivity contribution in [2.24, 2.45) is 5.92 Å². The van der Waals surface area contributed by atoms with E-state index in [1.807, 2.05) is 58.0 Å². The second kappa shape index (κ2) is 12.1. The lowest BCUT2D eigenvalue weighted by atomic mass is 10.0. The van der Waals surface area contributed by atoms with E-state index >= 15 is 0 Å². The Labute approximate surface area is 256 Å². The van der Waals surface area contributed by atoms with Crippen LogP contribution in [0.2, 0.25) is 0 Å². The first kappa shape index (κ1) is 29.3. The number of anilines is 2. The predicted molar refractivity (Wildman–Crippen MR) is 168 cm³/mol. The topological polar surface area (TPSA) is 131 Å². The Balaban J connectivity index is 1.23. The fourth-order valence-corrected chi connectivity index (χ4v) is 5.30. The summed E-state index contributed by atoms with van der Waals surface area (Å²) in [6, 6.07) is 13.3. The van der Waals surface area contributed by atoms with Crippen LogP contribution in [-0.4, -0.2) is 61.8 Å². The Morgan fingerprint density at radius 1 is 1.00 bits per heavy atom. The van der Waals surface area contributed by atoms with Crippen molar-refractivity contribution in [3.05, 3.63) is 60.4 Å². The number of carbonyl (C=O) groups is 2. The van der Waals surface area contributed by atoms with Crippen LogP contribution < -0.4 is 15.4 Å². The molecule has 2 fully saturated rings. The third kappa shape index (κ3) is 6.72. The maximum Gasteiger partial charge on any atom is 0.410 e. The minimum atomic E-state index is -0.550. The molecule has 3 heterocycles. The summed E-state index contributed by atoms with van der Waals surface area (Å²) in [5.74, 6) is 1.52. The highest BCUT2D eigenvalue weighted by Gasteiger charge is 2.30. The average Bonchev–Trinajstić information content (AvgIpc) is 3.85. The Morgan fingerprint density at radius 3 is 2.64 bits per heavy atom. The molecule has 2 aromatic heterocycles. The minimum absolute atomic E-state index is 0.0225. The van der Waals surface area contributed by atoms with Crippen LogP contribution in [0.15, 0.2) is 54.9 Å². The van der Waals surface area contributed by atoms with E-state index in [0.29, 0.717) is 41.9 Å². The van der Waals surface area contributed by atoms with Crippen molar-refractivity contribution in [1.82, 2.24) is 25.1 Å². The van der Waals surface area contributed by atoms with Gasteiger partial charge in [0, 0.05) is 47.7 Å². The fourth-order valence-electron chi connectivity index (χ4n) is 5.30. The third-order valence-electron chi connectivity index (χ3n) is 7.64. The largest absolute Gasteiger partial charge is 0.444 e. The van der Waals surface area contributed by atoms with Gasteiger partial charge >= 0.3 is 6.09 Å². The average molecular weight is 596 g/mol. The molecule has 1 aliphatic heterocycles. The number of fused-ring (bicyclic) bond motifs is 1. The van der Waals surface area contributed by atoms with Crippen LogP contribution >= 0.6 is 0 Å². The van der Waals surface area contributed by atoms with Gasteiger partial charge in [0.15, 0.2) is 0 Å². The van der Waals surface area contributed by atoms with E-state index in [1.165, 1.54) is 0 Å².